The number of anilines is 1. The number of rotatable bonds is 3. The van der Waals surface area contributed by atoms with Gasteiger partial charge in [-0.15, -0.1) is 0 Å². The molecule has 5 nitrogen and oxygen atoms in total. The molecule has 3 heterocycles. The van der Waals surface area contributed by atoms with Crippen molar-refractivity contribution in [3.63, 3.8) is 0 Å². The van der Waals surface area contributed by atoms with E-state index in [2.05, 4.69) is 16.8 Å². The quantitative estimate of drug-likeness (QED) is 0.822. The Hall–Kier alpha value is -1.62. The van der Waals surface area contributed by atoms with E-state index in [9.17, 15) is 4.79 Å². The maximum atomic E-state index is 12.1. The third kappa shape index (κ3) is 2.30. The Balaban J connectivity index is 1.82. The Bertz CT molecular complexity index is 478. The first kappa shape index (κ1) is 12.4. The van der Waals surface area contributed by atoms with Crippen LogP contribution in [0, 0.1) is 0 Å². The van der Waals surface area contributed by atoms with Crippen LogP contribution in [-0.2, 0) is 4.79 Å². The van der Waals surface area contributed by atoms with E-state index in [0.29, 0.717) is 17.6 Å². The van der Waals surface area contributed by atoms with Crippen molar-refractivity contribution >= 4 is 11.7 Å². The summed E-state index contributed by atoms with van der Waals surface area (Å²) < 4.78 is 5.42. The molecule has 1 saturated heterocycles. The largest absolute Gasteiger partial charge is 0.480 e. The molecule has 0 radical (unpaired) electrons. The standard InChI is InChI=1S/C14H19N3O2/c1-2-16-8-4-5-11(16)9-17-13(18)10-19-12-6-3-7-15-14(12)17/h3,6-7,11H,2,4-5,8-10H2,1H3. The number of nitrogens with zero attached hydrogens (tertiary/aromatic N) is 3. The number of pyridine rings is 1. The zero-order chi connectivity index (χ0) is 13.2. The SMILES string of the molecule is CCN1CCCC1CN1C(=O)COc2cccnc21. The molecule has 1 aromatic heterocycles. The van der Waals surface area contributed by atoms with Crippen molar-refractivity contribution in [3.8, 4) is 5.75 Å². The monoisotopic (exact) mass is 261 g/mol. The Kier molecular flexibility index (Phi) is 3.38. The normalized spacial score (nSPS) is 23.3. The van der Waals surface area contributed by atoms with Gasteiger partial charge in [0, 0.05) is 18.8 Å². The molecule has 1 aromatic rings. The smallest absolute Gasteiger partial charge is 0.266 e. The van der Waals surface area contributed by atoms with E-state index in [4.69, 9.17) is 4.74 Å². The second-order valence-corrected chi connectivity index (χ2v) is 5.04. The number of amides is 1. The van der Waals surface area contributed by atoms with Crippen LogP contribution in [0.15, 0.2) is 18.3 Å². The number of fused-ring (bicyclic) bond motifs is 1. The van der Waals surface area contributed by atoms with Crippen molar-refractivity contribution in [1.29, 1.82) is 0 Å². The van der Waals surface area contributed by atoms with Crippen molar-refractivity contribution < 1.29 is 9.53 Å². The molecule has 0 saturated carbocycles. The van der Waals surface area contributed by atoms with E-state index in [1.165, 1.54) is 6.42 Å². The predicted octanol–water partition coefficient (Wildman–Crippen LogP) is 1.29. The number of likely N-dealkylation sites (N-methyl/N-ethyl adjacent to an activating group) is 1. The lowest BCUT2D eigenvalue weighted by Gasteiger charge is -2.32. The second kappa shape index (κ2) is 5.17. The molecule has 0 bridgehead atoms. The van der Waals surface area contributed by atoms with Gasteiger partial charge < -0.3 is 4.74 Å². The molecular weight excluding hydrogens is 242 g/mol. The fourth-order valence-corrected chi connectivity index (χ4v) is 2.95. The van der Waals surface area contributed by atoms with Crippen LogP contribution in [0.3, 0.4) is 0 Å². The fourth-order valence-electron chi connectivity index (χ4n) is 2.95. The molecule has 0 spiro atoms. The summed E-state index contributed by atoms with van der Waals surface area (Å²) in [7, 11) is 0. The van der Waals surface area contributed by atoms with Gasteiger partial charge in [-0.25, -0.2) is 4.98 Å². The Morgan fingerprint density at radius 1 is 1.53 bits per heavy atom. The van der Waals surface area contributed by atoms with E-state index in [-0.39, 0.29) is 12.5 Å². The summed E-state index contributed by atoms with van der Waals surface area (Å²) in [6.45, 7) is 5.19. The number of aromatic nitrogens is 1. The summed E-state index contributed by atoms with van der Waals surface area (Å²) in [5.74, 6) is 1.39. The molecule has 1 amide bonds. The molecule has 5 heteroatoms. The van der Waals surface area contributed by atoms with Gasteiger partial charge in [0.2, 0.25) is 0 Å². The van der Waals surface area contributed by atoms with E-state index in [1.54, 1.807) is 11.1 Å². The van der Waals surface area contributed by atoms with Crippen LogP contribution >= 0.6 is 0 Å². The molecule has 1 atom stereocenters. The van der Waals surface area contributed by atoms with Crippen LogP contribution in [0.25, 0.3) is 0 Å². The van der Waals surface area contributed by atoms with Gasteiger partial charge in [0.25, 0.3) is 5.91 Å². The highest BCUT2D eigenvalue weighted by Gasteiger charge is 2.32. The van der Waals surface area contributed by atoms with E-state index in [0.717, 1.165) is 26.1 Å². The van der Waals surface area contributed by atoms with Gasteiger partial charge in [0.15, 0.2) is 18.2 Å². The van der Waals surface area contributed by atoms with Crippen molar-refractivity contribution in [2.75, 3.05) is 31.1 Å². The average molecular weight is 261 g/mol. The summed E-state index contributed by atoms with van der Waals surface area (Å²) >= 11 is 0. The van der Waals surface area contributed by atoms with Gasteiger partial charge in [-0.05, 0) is 38.1 Å². The maximum absolute atomic E-state index is 12.1. The highest BCUT2D eigenvalue weighted by atomic mass is 16.5. The van der Waals surface area contributed by atoms with Gasteiger partial charge >= 0.3 is 0 Å². The maximum Gasteiger partial charge on any atom is 0.266 e. The minimum atomic E-state index is 0.00848. The number of carbonyl (C=O) groups is 1. The van der Waals surface area contributed by atoms with Gasteiger partial charge in [-0.3, -0.25) is 14.6 Å². The molecule has 0 aromatic carbocycles. The van der Waals surface area contributed by atoms with Crippen molar-refractivity contribution in [1.82, 2.24) is 9.88 Å². The van der Waals surface area contributed by atoms with E-state index >= 15 is 0 Å². The molecule has 1 fully saturated rings. The molecule has 2 aliphatic rings. The summed E-state index contributed by atoms with van der Waals surface area (Å²) in [5.41, 5.74) is 0. The minimum Gasteiger partial charge on any atom is -0.480 e. The first-order valence-corrected chi connectivity index (χ1v) is 6.92. The number of likely N-dealkylation sites (tertiary alicyclic amines) is 1. The lowest BCUT2D eigenvalue weighted by atomic mass is 10.2. The fraction of sp³-hybridized carbons (Fsp3) is 0.571. The molecular formula is C14H19N3O2. The first-order valence-electron chi connectivity index (χ1n) is 6.92. The van der Waals surface area contributed by atoms with Crippen LogP contribution in [-0.4, -0.2) is 48.1 Å². The number of ether oxygens (including phenoxy) is 1. The van der Waals surface area contributed by atoms with Gasteiger partial charge in [-0.2, -0.15) is 0 Å². The summed E-state index contributed by atoms with van der Waals surface area (Å²) in [6, 6.07) is 4.15. The van der Waals surface area contributed by atoms with E-state index in [1.807, 2.05) is 12.1 Å². The first-order chi connectivity index (χ1) is 9.29. The molecule has 19 heavy (non-hydrogen) atoms. The highest BCUT2D eigenvalue weighted by Crippen LogP contribution is 2.30. The topological polar surface area (TPSA) is 45.7 Å². The molecule has 0 N–H and O–H groups in total. The van der Waals surface area contributed by atoms with Crippen LogP contribution < -0.4 is 9.64 Å². The zero-order valence-corrected chi connectivity index (χ0v) is 11.2. The zero-order valence-electron chi connectivity index (χ0n) is 11.2. The molecule has 3 rings (SSSR count). The molecule has 0 aliphatic carbocycles. The number of hydrogen-bond acceptors (Lipinski definition) is 4. The third-order valence-corrected chi connectivity index (χ3v) is 3.96. The third-order valence-electron chi connectivity index (χ3n) is 3.96. The van der Waals surface area contributed by atoms with Crippen LogP contribution in [0.5, 0.6) is 5.75 Å². The lowest BCUT2D eigenvalue weighted by Crippen LogP contribution is -2.47. The number of carbonyl (C=O) groups excluding carboxylic acids is 1. The van der Waals surface area contributed by atoms with E-state index < -0.39 is 0 Å². The second-order valence-electron chi connectivity index (χ2n) is 5.04. The number of hydrogen-bond donors (Lipinski definition) is 0. The summed E-state index contributed by atoms with van der Waals surface area (Å²) in [4.78, 5) is 20.6. The Morgan fingerprint density at radius 2 is 2.42 bits per heavy atom. The van der Waals surface area contributed by atoms with Gasteiger partial charge in [-0.1, -0.05) is 6.92 Å². The van der Waals surface area contributed by atoms with Gasteiger partial charge in [0.05, 0.1) is 0 Å². The van der Waals surface area contributed by atoms with Crippen LogP contribution in [0.4, 0.5) is 5.82 Å². The Labute approximate surface area is 113 Å². The van der Waals surface area contributed by atoms with Crippen molar-refractivity contribution in [3.05, 3.63) is 18.3 Å². The van der Waals surface area contributed by atoms with Crippen LogP contribution in [0.1, 0.15) is 19.8 Å². The molecule has 1 unspecified atom stereocenters. The van der Waals surface area contributed by atoms with Crippen molar-refractivity contribution in [2.45, 2.75) is 25.8 Å². The highest BCUT2D eigenvalue weighted by molar-refractivity contribution is 5.96. The molecule has 102 valence electrons. The summed E-state index contributed by atoms with van der Waals surface area (Å²) in [6.07, 6.45) is 4.08. The summed E-state index contributed by atoms with van der Waals surface area (Å²) in [5, 5.41) is 0. The van der Waals surface area contributed by atoms with Crippen molar-refractivity contribution in [2.24, 2.45) is 0 Å². The Morgan fingerprint density at radius 3 is 3.26 bits per heavy atom. The molecule has 2 aliphatic heterocycles. The average Bonchev–Trinajstić information content (AvgIpc) is 2.89. The predicted molar refractivity (Wildman–Crippen MR) is 72.4 cm³/mol. The van der Waals surface area contributed by atoms with Crippen LogP contribution in [0.2, 0.25) is 0 Å². The minimum absolute atomic E-state index is 0.00848. The van der Waals surface area contributed by atoms with Gasteiger partial charge in [0.1, 0.15) is 0 Å². The lowest BCUT2D eigenvalue weighted by molar-refractivity contribution is -0.121.